The fraction of sp³-hybridized carbons (Fsp3) is 0.227. The Kier molecular flexibility index (Phi) is 7.03. The van der Waals surface area contributed by atoms with Gasteiger partial charge in [-0.25, -0.2) is 4.98 Å². The largest absolute Gasteiger partial charge is 0.497 e. The Hall–Kier alpha value is -3.39. The van der Waals surface area contributed by atoms with Gasteiger partial charge in [-0.05, 0) is 30.2 Å². The van der Waals surface area contributed by atoms with Crippen LogP contribution in [0, 0.1) is 17.0 Å². The van der Waals surface area contributed by atoms with Gasteiger partial charge in [0.05, 0.1) is 19.9 Å². The standard InChI is InChI=1S/C22H22N2O5S/c1-15-21(10-11-29-24(25)26)30-22(23-15)18-8-6-16(7-9-18)4-5-17-12-19(27-2)14-20(13-17)28-3/h4-9,12-14H,10-11H2,1-3H3. The van der Waals surface area contributed by atoms with Gasteiger partial charge in [0.15, 0.2) is 0 Å². The Bertz CT molecular complexity index is 1020. The number of rotatable bonds is 9. The van der Waals surface area contributed by atoms with Crippen molar-refractivity contribution in [2.24, 2.45) is 0 Å². The molecule has 3 rings (SSSR count). The van der Waals surface area contributed by atoms with Crippen LogP contribution in [0.15, 0.2) is 42.5 Å². The van der Waals surface area contributed by atoms with Crippen LogP contribution in [-0.4, -0.2) is 30.9 Å². The number of hydrogen-bond donors (Lipinski definition) is 0. The number of benzene rings is 2. The van der Waals surface area contributed by atoms with Crippen molar-refractivity contribution in [3.05, 3.63) is 74.3 Å². The van der Waals surface area contributed by atoms with Gasteiger partial charge in [0, 0.05) is 22.9 Å². The molecule has 0 saturated heterocycles. The van der Waals surface area contributed by atoms with E-state index in [0.29, 0.717) is 6.42 Å². The maximum absolute atomic E-state index is 10.3. The molecule has 0 unspecified atom stereocenters. The number of nitrogens with zero attached hydrogens (tertiary/aromatic N) is 2. The molecule has 0 bridgehead atoms. The van der Waals surface area contributed by atoms with Gasteiger partial charge in [-0.15, -0.1) is 21.5 Å². The third-order valence-corrected chi connectivity index (χ3v) is 5.68. The summed E-state index contributed by atoms with van der Waals surface area (Å²) in [5, 5.41) is 10.4. The van der Waals surface area contributed by atoms with Gasteiger partial charge in [-0.3, -0.25) is 0 Å². The van der Waals surface area contributed by atoms with E-state index in [1.807, 2.05) is 61.5 Å². The summed E-state index contributed by atoms with van der Waals surface area (Å²) >= 11 is 1.53. The first-order chi connectivity index (χ1) is 14.5. The first-order valence-electron chi connectivity index (χ1n) is 9.23. The van der Waals surface area contributed by atoms with Gasteiger partial charge in [0.1, 0.15) is 23.1 Å². The van der Waals surface area contributed by atoms with E-state index in [-0.39, 0.29) is 6.61 Å². The molecule has 3 aromatic rings. The third kappa shape index (κ3) is 5.57. The lowest BCUT2D eigenvalue weighted by atomic mass is 10.1. The molecule has 0 aliphatic heterocycles. The predicted octanol–water partition coefficient (Wildman–Crippen LogP) is 5.06. The molecule has 7 nitrogen and oxygen atoms in total. The van der Waals surface area contributed by atoms with Crippen LogP contribution in [0.5, 0.6) is 11.5 Å². The summed E-state index contributed by atoms with van der Waals surface area (Å²) in [5.41, 5.74) is 3.91. The maximum atomic E-state index is 10.3. The topological polar surface area (TPSA) is 83.7 Å². The Labute approximate surface area is 178 Å². The van der Waals surface area contributed by atoms with Crippen molar-refractivity contribution in [1.29, 1.82) is 0 Å². The number of hydrogen-bond acceptors (Lipinski definition) is 7. The molecule has 30 heavy (non-hydrogen) atoms. The van der Waals surface area contributed by atoms with Crippen LogP contribution in [0.4, 0.5) is 0 Å². The van der Waals surface area contributed by atoms with Crippen LogP contribution in [0.2, 0.25) is 0 Å². The SMILES string of the molecule is COc1cc(C=Cc2ccc(-c3nc(C)c(CCO[N+](=O)[O-])s3)cc2)cc(OC)c1. The second kappa shape index (κ2) is 9.89. The average Bonchev–Trinajstić information content (AvgIpc) is 3.12. The molecule has 0 saturated carbocycles. The highest BCUT2D eigenvalue weighted by Crippen LogP contribution is 2.29. The van der Waals surface area contributed by atoms with Gasteiger partial charge in [0.2, 0.25) is 0 Å². The fourth-order valence-electron chi connectivity index (χ4n) is 2.85. The van der Waals surface area contributed by atoms with Gasteiger partial charge in [0.25, 0.3) is 5.09 Å². The molecule has 0 atom stereocenters. The van der Waals surface area contributed by atoms with E-state index in [9.17, 15) is 10.1 Å². The van der Waals surface area contributed by atoms with Crippen molar-refractivity contribution in [2.45, 2.75) is 13.3 Å². The van der Waals surface area contributed by atoms with Gasteiger partial charge < -0.3 is 14.3 Å². The molecule has 0 N–H and O–H groups in total. The minimum absolute atomic E-state index is 0.0360. The highest BCUT2D eigenvalue weighted by Gasteiger charge is 2.10. The van der Waals surface area contributed by atoms with Crippen LogP contribution < -0.4 is 9.47 Å². The van der Waals surface area contributed by atoms with Gasteiger partial charge in [-0.2, -0.15) is 0 Å². The molecule has 8 heteroatoms. The molecule has 156 valence electrons. The van der Waals surface area contributed by atoms with Gasteiger partial charge >= 0.3 is 0 Å². The van der Waals surface area contributed by atoms with E-state index in [2.05, 4.69) is 9.82 Å². The Balaban J connectivity index is 1.71. The Morgan fingerprint density at radius 3 is 2.27 bits per heavy atom. The van der Waals surface area contributed by atoms with Crippen molar-refractivity contribution in [3.63, 3.8) is 0 Å². The van der Waals surface area contributed by atoms with Crippen LogP contribution in [0.25, 0.3) is 22.7 Å². The molecular weight excluding hydrogens is 404 g/mol. The summed E-state index contributed by atoms with van der Waals surface area (Å²) in [6.07, 6.45) is 4.49. The highest BCUT2D eigenvalue weighted by atomic mass is 32.1. The van der Waals surface area contributed by atoms with E-state index in [1.165, 1.54) is 11.3 Å². The lowest BCUT2D eigenvalue weighted by Gasteiger charge is -2.05. The first kappa shape index (κ1) is 21.3. The highest BCUT2D eigenvalue weighted by molar-refractivity contribution is 7.15. The van der Waals surface area contributed by atoms with Crippen LogP contribution >= 0.6 is 11.3 Å². The molecule has 0 amide bonds. The molecular formula is C22H22N2O5S. The number of methoxy groups -OCH3 is 2. The molecule has 0 aliphatic rings. The number of aromatic nitrogens is 1. The third-order valence-electron chi connectivity index (χ3n) is 4.42. The summed E-state index contributed by atoms with van der Waals surface area (Å²) < 4.78 is 10.6. The molecule has 0 radical (unpaired) electrons. The molecule has 1 aromatic heterocycles. The van der Waals surface area contributed by atoms with Crippen molar-refractivity contribution in [1.82, 2.24) is 4.98 Å². The molecule has 0 aliphatic carbocycles. The number of thiazole rings is 1. The molecule has 1 heterocycles. The van der Waals surface area contributed by atoms with Crippen molar-refractivity contribution in [3.8, 4) is 22.1 Å². The van der Waals surface area contributed by atoms with Crippen LogP contribution in [0.1, 0.15) is 21.7 Å². The van der Waals surface area contributed by atoms with Crippen LogP contribution in [0.3, 0.4) is 0 Å². The minimum Gasteiger partial charge on any atom is -0.497 e. The van der Waals surface area contributed by atoms with Crippen molar-refractivity contribution in [2.75, 3.05) is 20.8 Å². The van der Waals surface area contributed by atoms with E-state index in [0.717, 1.165) is 43.8 Å². The lowest BCUT2D eigenvalue weighted by Crippen LogP contribution is -2.04. The lowest BCUT2D eigenvalue weighted by molar-refractivity contribution is -0.757. The number of aryl methyl sites for hydroxylation is 1. The zero-order valence-electron chi connectivity index (χ0n) is 17.0. The average molecular weight is 426 g/mol. The summed E-state index contributed by atoms with van der Waals surface area (Å²) in [4.78, 5) is 20.3. The molecule has 0 spiro atoms. The summed E-state index contributed by atoms with van der Waals surface area (Å²) in [5.74, 6) is 1.48. The fourth-order valence-corrected chi connectivity index (χ4v) is 3.90. The van der Waals surface area contributed by atoms with E-state index in [4.69, 9.17) is 9.47 Å². The summed E-state index contributed by atoms with van der Waals surface area (Å²) in [7, 11) is 3.25. The molecule has 2 aromatic carbocycles. The predicted molar refractivity (Wildman–Crippen MR) is 117 cm³/mol. The molecule has 0 fully saturated rings. The second-order valence-corrected chi connectivity index (χ2v) is 7.52. The van der Waals surface area contributed by atoms with E-state index < -0.39 is 5.09 Å². The Morgan fingerprint density at radius 1 is 1.03 bits per heavy atom. The number of ether oxygens (including phenoxy) is 2. The first-order valence-corrected chi connectivity index (χ1v) is 10.1. The summed E-state index contributed by atoms with van der Waals surface area (Å²) in [6, 6.07) is 13.8. The maximum Gasteiger partial charge on any atom is 0.294 e. The van der Waals surface area contributed by atoms with Crippen LogP contribution in [-0.2, 0) is 11.3 Å². The van der Waals surface area contributed by atoms with E-state index in [1.54, 1.807) is 14.2 Å². The second-order valence-electron chi connectivity index (χ2n) is 6.44. The quantitative estimate of drug-likeness (QED) is 0.270. The van der Waals surface area contributed by atoms with Crippen molar-refractivity contribution < 1.29 is 19.4 Å². The smallest absolute Gasteiger partial charge is 0.294 e. The zero-order chi connectivity index (χ0) is 21.5. The van der Waals surface area contributed by atoms with E-state index >= 15 is 0 Å². The normalized spacial score (nSPS) is 10.9. The monoisotopic (exact) mass is 426 g/mol. The Morgan fingerprint density at radius 2 is 1.67 bits per heavy atom. The van der Waals surface area contributed by atoms with Gasteiger partial charge in [-0.1, -0.05) is 36.4 Å². The van der Waals surface area contributed by atoms with Crippen molar-refractivity contribution >= 4 is 23.5 Å². The minimum atomic E-state index is -0.773. The summed E-state index contributed by atoms with van der Waals surface area (Å²) in [6.45, 7) is 1.94. The zero-order valence-corrected chi connectivity index (χ0v) is 17.8.